The van der Waals surface area contributed by atoms with Crippen LogP contribution in [0.15, 0.2) is 17.3 Å². The molecule has 0 aromatic carbocycles. The zero-order valence-corrected chi connectivity index (χ0v) is 18.2. The number of hydrogen-bond acceptors (Lipinski definition) is 4. The first-order valence-electron chi connectivity index (χ1n) is 10.5. The van der Waals surface area contributed by atoms with Crippen molar-refractivity contribution in [3.8, 4) is 0 Å². The van der Waals surface area contributed by atoms with E-state index in [1.807, 2.05) is 4.90 Å². The lowest BCUT2D eigenvalue weighted by Crippen LogP contribution is -2.46. The molecule has 2 aliphatic heterocycles. The van der Waals surface area contributed by atoms with Crippen molar-refractivity contribution in [3.63, 3.8) is 0 Å². The molecule has 2 N–H and O–H groups in total. The Kier molecular flexibility index (Phi) is 7.68. The Bertz CT molecular complexity index is 742. The van der Waals surface area contributed by atoms with Crippen LogP contribution in [0, 0.1) is 5.92 Å². The molecule has 10 heteroatoms. The highest BCUT2D eigenvalue weighted by Gasteiger charge is 2.33. The van der Waals surface area contributed by atoms with E-state index in [0.29, 0.717) is 24.8 Å². The van der Waals surface area contributed by atoms with E-state index in [-0.39, 0.29) is 11.1 Å². The molecule has 2 unspecified atom stereocenters. The summed E-state index contributed by atoms with van der Waals surface area (Å²) in [6.07, 6.45) is -0.409. The molecular formula is C20H30ClF3N6. The second-order valence-electron chi connectivity index (χ2n) is 8.01. The summed E-state index contributed by atoms with van der Waals surface area (Å²) < 4.78 is 38.5. The van der Waals surface area contributed by atoms with Crippen molar-refractivity contribution in [1.82, 2.24) is 20.5 Å². The maximum absolute atomic E-state index is 12.8. The van der Waals surface area contributed by atoms with E-state index in [4.69, 9.17) is 11.6 Å². The number of likely N-dealkylation sites (tertiary alicyclic amines) is 1. The molecule has 1 aromatic heterocycles. The number of hydrogen-bond donors (Lipinski definition) is 2. The maximum atomic E-state index is 12.8. The smallest absolute Gasteiger partial charge is 0.356 e. The summed E-state index contributed by atoms with van der Waals surface area (Å²) in [5.74, 6) is 1.76. The summed E-state index contributed by atoms with van der Waals surface area (Å²) in [4.78, 5) is 12.7. The second kappa shape index (κ2) is 10.0. The van der Waals surface area contributed by atoms with Crippen molar-refractivity contribution < 1.29 is 13.2 Å². The molecule has 2 fully saturated rings. The van der Waals surface area contributed by atoms with Crippen molar-refractivity contribution in [1.29, 1.82) is 0 Å². The standard InChI is InChI=1S/C20H30ClF3N6/c1-3-6-29-7-4-14(12-29)10-27-19(25-2)28-16-5-8-30(13-16)18-17(21)9-15(11-26-18)20(22,23)24/h9,11,14,16H,3-8,10,12-13H2,1-2H3,(H2,25,27,28). The van der Waals surface area contributed by atoms with Crippen LogP contribution in [0.5, 0.6) is 0 Å². The maximum Gasteiger partial charge on any atom is 0.417 e. The Morgan fingerprint density at radius 2 is 2.10 bits per heavy atom. The van der Waals surface area contributed by atoms with Crippen molar-refractivity contribution in [2.24, 2.45) is 10.9 Å². The number of halogens is 4. The van der Waals surface area contributed by atoms with Crippen LogP contribution in [0.25, 0.3) is 0 Å². The molecule has 2 aliphatic rings. The van der Waals surface area contributed by atoms with Crippen LogP contribution in [0.3, 0.4) is 0 Å². The first-order valence-corrected chi connectivity index (χ1v) is 10.8. The normalized spacial score (nSPS) is 23.3. The molecule has 0 amide bonds. The Labute approximate surface area is 180 Å². The summed E-state index contributed by atoms with van der Waals surface area (Å²) >= 11 is 6.09. The Morgan fingerprint density at radius 1 is 1.30 bits per heavy atom. The van der Waals surface area contributed by atoms with Gasteiger partial charge in [-0.3, -0.25) is 4.99 Å². The molecule has 0 bridgehead atoms. The highest BCUT2D eigenvalue weighted by molar-refractivity contribution is 6.33. The van der Waals surface area contributed by atoms with Gasteiger partial charge in [-0.15, -0.1) is 0 Å². The lowest BCUT2D eigenvalue weighted by atomic mass is 10.1. The van der Waals surface area contributed by atoms with E-state index in [1.54, 1.807) is 7.05 Å². The van der Waals surface area contributed by atoms with Gasteiger partial charge in [0.2, 0.25) is 0 Å². The van der Waals surface area contributed by atoms with Gasteiger partial charge in [0.25, 0.3) is 0 Å². The van der Waals surface area contributed by atoms with Crippen LogP contribution in [0.2, 0.25) is 5.02 Å². The number of aromatic nitrogens is 1. The van der Waals surface area contributed by atoms with Gasteiger partial charge in [0, 0.05) is 45.5 Å². The number of aliphatic imine (C=N–C) groups is 1. The lowest BCUT2D eigenvalue weighted by Gasteiger charge is -2.21. The van der Waals surface area contributed by atoms with Gasteiger partial charge in [-0.2, -0.15) is 13.2 Å². The molecular weight excluding hydrogens is 417 g/mol. The summed E-state index contributed by atoms with van der Waals surface area (Å²) in [5, 5.41) is 6.85. The van der Waals surface area contributed by atoms with Crippen molar-refractivity contribution in [2.75, 3.05) is 51.2 Å². The fourth-order valence-electron chi connectivity index (χ4n) is 4.12. The van der Waals surface area contributed by atoms with Crippen LogP contribution in [0.1, 0.15) is 31.7 Å². The summed E-state index contributed by atoms with van der Waals surface area (Å²) in [5.41, 5.74) is -0.834. The predicted octanol–water partition coefficient (Wildman–Crippen LogP) is 3.23. The van der Waals surface area contributed by atoms with E-state index < -0.39 is 11.7 Å². The van der Waals surface area contributed by atoms with Crippen LogP contribution >= 0.6 is 11.6 Å². The molecule has 30 heavy (non-hydrogen) atoms. The Hall–Kier alpha value is -1.74. The average molecular weight is 447 g/mol. The molecule has 3 heterocycles. The third-order valence-electron chi connectivity index (χ3n) is 5.67. The minimum absolute atomic E-state index is 0.0193. The molecule has 0 spiro atoms. The quantitative estimate of drug-likeness (QED) is 0.519. The van der Waals surface area contributed by atoms with Crippen LogP contribution in [-0.4, -0.2) is 68.2 Å². The topological polar surface area (TPSA) is 55.8 Å². The highest BCUT2D eigenvalue weighted by Crippen LogP contribution is 2.34. The van der Waals surface area contributed by atoms with E-state index in [0.717, 1.165) is 50.8 Å². The second-order valence-corrected chi connectivity index (χ2v) is 8.42. The number of anilines is 1. The van der Waals surface area contributed by atoms with E-state index in [1.165, 1.54) is 12.8 Å². The minimum Gasteiger partial charge on any atom is -0.356 e. The van der Waals surface area contributed by atoms with Gasteiger partial charge in [-0.1, -0.05) is 18.5 Å². The average Bonchev–Trinajstić information content (AvgIpc) is 3.34. The molecule has 2 atom stereocenters. The summed E-state index contributed by atoms with van der Waals surface area (Å²) in [7, 11) is 1.74. The van der Waals surface area contributed by atoms with E-state index >= 15 is 0 Å². The zero-order chi connectivity index (χ0) is 21.7. The number of rotatable bonds is 6. The van der Waals surface area contributed by atoms with Gasteiger partial charge >= 0.3 is 6.18 Å². The molecule has 3 rings (SSSR count). The van der Waals surface area contributed by atoms with Gasteiger partial charge in [-0.05, 0) is 44.3 Å². The van der Waals surface area contributed by atoms with Crippen LogP contribution in [0.4, 0.5) is 19.0 Å². The SMILES string of the molecule is CCCN1CCC(CNC(=NC)NC2CCN(c3ncc(C(F)(F)F)cc3Cl)C2)C1. The van der Waals surface area contributed by atoms with Crippen LogP contribution in [-0.2, 0) is 6.18 Å². The van der Waals surface area contributed by atoms with Crippen molar-refractivity contribution in [2.45, 2.75) is 38.4 Å². The Morgan fingerprint density at radius 3 is 2.77 bits per heavy atom. The minimum atomic E-state index is -4.45. The number of pyridine rings is 1. The van der Waals surface area contributed by atoms with Crippen LogP contribution < -0.4 is 15.5 Å². The fourth-order valence-corrected chi connectivity index (χ4v) is 4.40. The molecule has 2 saturated heterocycles. The first kappa shape index (κ1) is 22.9. The number of guanidine groups is 1. The van der Waals surface area contributed by atoms with Gasteiger partial charge in [0.05, 0.1) is 10.6 Å². The fraction of sp³-hybridized carbons (Fsp3) is 0.700. The van der Waals surface area contributed by atoms with Crippen molar-refractivity contribution in [3.05, 3.63) is 22.8 Å². The van der Waals surface area contributed by atoms with Gasteiger partial charge in [0.15, 0.2) is 5.96 Å². The van der Waals surface area contributed by atoms with E-state index in [9.17, 15) is 13.2 Å². The number of alkyl halides is 3. The molecule has 168 valence electrons. The number of nitrogens with one attached hydrogen (secondary N) is 2. The van der Waals surface area contributed by atoms with Gasteiger partial charge in [0.1, 0.15) is 5.82 Å². The summed E-state index contributed by atoms with van der Waals surface area (Å²) in [6.45, 7) is 7.78. The summed E-state index contributed by atoms with van der Waals surface area (Å²) in [6, 6.07) is 1.06. The Balaban J connectivity index is 1.49. The molecule has 1 aromatic rings. The highest BCUT2D eigenvalue weighted by atomic mass is 35.5. The molecule has 0 saturated carbocycles. The van der Waals surface area contributed by atoms with Crippen molar-refractivity contribution >= 4 is 23.4 Å². The van der Waals surface area contributed by atoms with Gasteiger partial charge in [-0.25, -0.2) is 4.98 Å². The zero-order valence-electron chi connectivity index (χ0n) is 17.5. The molecule has 6 nitrogen and oxygen atoms in total. The van der Waals surface area contributed by atoms with Gasteiger partial charge < -0.3 is 20.4 Å². The molecule has 0 aliphatic carbocycles. The molecule has 0 radical (unpaired) electrons. The lowest BCUT2D eigenvalue weighted by molar-refractivity contribution is -0.137. The third-order valence-corrected chi connectivity index (χ3v) is 5.95. The third kappa shape index (κ3) is 5.91. The van der Waals surface area contributed by atoms with E-state index in [2.05, 4.69) is 32.4 Å². The first-order chi connectivity index (χ1) is 14.3. The monoisotopic (exact) mass is 446 g/mol. The predicted molar refractivity (Wildman–Crippen MR) is 114 cm³/mol. The number of nitrogens with zero attached hydrogens (tertiary/aromatic N) is 4. The largest absolute Gasteiger partial charge is 0.417 e.